The van der Waals surface area contributed by atoms with E-state index in [1.54, 1.807) is 0 Å². The third kappa shape index (κ3) is 7.63. The number of alkyl halides is 3. The summed E-state index contributed by atoms with van der Waals surface area (Å²) in [6.45, 7) is 0. The molecule has 0 aliphatic carbocycles. The SMILES string of the molecule is ClC(Cl)Cl.Nc1nc(N)nc(N)n1. The number of anilines is 3. The fourth-order valence-electron chi connectivity index (χ4n) is 0.427. The Bertz CT molecular complexity index is 213. The van der Waals surface area contributed by atoms with E-state index in [0.717, 1.165) is 0 Å². The van der Waals surface area contributed by atoms with E-state index >= 15 is 0 Å². The van der Waals surface area contributed by atoms with Gasteiger partial charge in [0.25, 0.3) is 0 Å². The first-order valence-corrected chi connectivity index (χ1v) is 4.17. The predicted molar refractivity (Wildman–Crippen MR) is 54.4 cm³/mol. The Kier molecular flexibility index (Phi) is 5.52. The minimum Gasteiger partial charge on any atom is -0.368 e. The molecule has 0 saturated carbocycles. The monoisotopic (exact) mass is 244 g/mol. The van der Waals surface area contributed by atoms with Crippen LogP contribution in [0.5, 0.6) is 0 Å². The molecule has 0 aliphatic heterocycles. The number of nitrogens with zero attached hydrogens (tertiary/aromatic N) is 3. The Morgan fingerprint density at radius 2 is 0.923 bits per heavy atom. The summed E-state index contributed by atoms with van der Waals surface area (Å²) in [4.78, 5) is 10.5. The summed E-state index contributed by atoms with van der Waals surface area (Å²) in [6.07, 6.45) is 0. The molecule has 0 fully saturated rings. The minimum absolute atomic E-state index is 0.0417. The van der Waals surface area contributed by atoms with Gasteiger partial charge < -0.3 is 17.2 Å². The highest BCUT2D eigenvalue weighted by Gasteiger charge is 1.93. The second-order valence-electron chi connectivity index (χ2n) is 1.66. The molecule has 0 unspecified atom stereocenters. The van der Waals surface area contributed by atoms with E-state index in [-0.39, 0.29) is 17.8 Å². The number of rotatable bonds is 0. The molecule has 0 aromatic carbocycles. The van der Waals surface area contributed by atoms with Gasteiger partial charge in [0, 0.05) is 0 Å². The van der Waals surface area contributed by atoms with Crippen molar-refractivity contribution >= 4 is 52.6 Å². The van der Waals surface area contributed by atoms with E-state index in [1.165, 1.54) is 0 Å². The molecule has 74 valence electrons. The van der Waals surface area contributed by atoms with Gasteiger partial charge in [0.1, 0.15) is 0 Å². The summed E-state index contributed by atoms with van der Waals surface area (Å²) in [5, 5.41) is 0. The zero-order valence-corrected chi connectivity index (χ0v) is 8.55. The van der Waals surface area contributed by atoms with Crippen molar-refractivity contribution in [2.75, 3.05) is 17.2 Å². The van der Waals surface area contributed by atoms with Crippen LogP contribution in [0.2, 0.25) is 0 Å². The molecule has 1 rings (SSSR count). The third-order valence-electron chi connectivity index (χ3n) is 0.687. The average Bonchev–Trinajstić information content (AvgIpc) is 1.80. The van der Waals surface area contributed by atoms with E-state index in [0.29, 0.717) is 0 Å². The summed E-state index contributed by atoms with van der Waals surface area (Å²) in [7, 11) is 0. The number of hydrogen-bond donors (Lipinski definition) is 3. The maximum atomic E-state index is 5.14. The fraction of sp³-hybridized carbons (Fsp3) is 0.250. The van der Waals surface area contributed by atoms with Gasteiger partial charge in [-0.2, -0.15) is 15.0 Å². The van der Waals surface area contributed by atoms with Gasteiger partial charge in [0.05, 0.1) is 0 Å². The van der Waals surface area contributed by atoms with Crippen molar-refractivity contribution in [1.29, 1.82) is 0 Å². The normalized spacial score (nSPS) is 9.23. The van der Waals surface area contributed by atoms with Crippen LogP contribution in [0, 0.1) is 0 Å². The Balaban J connectivity index is 0.000000310. The van der Waals surface area contributed by atoms with Crippen LogP contribution in [0.15, 0.2) is 0 Å². The van der Waals surface area contributed by atoms with Gasteiger partial charge in [0.15, 0.2) is 4.30 Å². The Labute approximate surface area is 89.4 Å². The van der Waals surface area contributed by atoms with Crippen molar-refractivity contribution < 1.29 is 0 Å². The molecule has 6 nitrogen and oxygen atoms in total. The van der Waals surface area contributed by atoms with E-state index in [4.69, 9.17) is 52.0 Å². The second-order valence-corrected chi connectivity index (χ2v) is 3.64. The Morgan fingerprint density at radius 1 is 0.769 bits per heavy atom. The van der Waals surface area contributed by atoms with E-state index in [1.807, 2.05) is 0 Å². The average molecular weight is 246 g/mol. The highest BCUT2D eigenvalue weighted by molar-refractivity contribution is 6.63. The molecular weight excluding hydrogens is 238 g/mol. The van der Waals surface area contributed by atoms with Gasteiger partial charge in [-0.1, -0.05) is 34.8 Å². The molecule has 6 N–H and O–H groups in total. The zero-order chi connectivity index (χ0) is 10.4. The molecular formula is C4H7Cl3N6. The molecule has 1 heterocycles. The lowest BCUT2D eigenvalue weighted by atomic mass is 10.9. The highest BCUT2D eigenvalue weighted by Crippen LogP contribution is 2.03. The van der Waals surface area contributed by atoms with Gasteiger partial charge in [-0.15, -0.1) is 0 Å². The number of nitrogen functional groups attached to an aromatic ring is 3. The van der Waals surface area contributed by atoms with Crippen LogP contribution in [0.25, 0.3) is 0 Å². The largest absolute Gasteiger partial charge is 0.368 e. The fourth-order valence-corrected chi connectivity index (χ4v) is 0.427. The van der Waals surface area contributed by atoms with Gasteiger partial charge in [-0.3, -0.25) is 0 Å². The first-order chi connectivity index (χ1) is 5.91. The standard InChI is InChI=1S/C3H6N6.CHCl3/c4-1-7-2(5)9-3(6)8-1;2-1(3)4/h(H6,4,5,6,7,8,9);1H. The third-order valence-corrected chi connectivity index (χ3v) is 0.687. The molecule has 1 aromatic heterocycles. The van der Waals surface area contributed by atoms with E-state index in [2.05, 4.69) is 15.0 Å². The van der Waals surface area contributed by atoms with Crippen molar-refractivity contribution in [2.45, 2.75) is 4.30 Å². The van der Waals surface area contributed by atoms with Crippen LogP contribution >= 0.6 is 34.8 Å². The summed E-state index contributed by atoms with van der Waals surface area (Å²) in [5.41, 5.74) is 15.4. The molecule has 9 heteroatoms. The number of halogens is 3. The lowest BCUT2D eigenvalue weighted by Crippen LogP contribution is -2.05. The molecule has 1 aromatic rings. The van der Waals surface area contributed by atoms with Crippen LogP contribution in [0.3, 0.4) is 0 Å². The molecule has 13 heavy (non-hydrogen) atoms. The van der Waals surface area contributed by atoms with Crippen molar-refractivity contribution in [3.63, 3.8) is 0 Å². The topological polar surface area (TPSA) is 117 Å². The van der Waals surface area contributed by atoms with Gasteiger partial charge in [-0.05, 0) is 0 Å². The quantitative estimate of drug-likeness (QED) is 0.576. The lowest BCUT2D eigenvalue weighted by Gasteiger charge is -1.93. The maximum Gasteiger partial charge on any atom is 0.226 e. The van der Waals surface area contributed by atoms with Crippen molar-refractivity contribution in [3.8, 4) is 0 Å². The molecule has 0 bridgehead atoms. The Morgan fingerprint density at radius 3 is 1.08 bits per heavy atom. The van der Waals surface area contributed by atoms with Gasteiger partial charge in [0.2, 0.25) is 17.8 Å². The number of nitrogens with two attached hydrogens (primary N) is 3. The summed E-state index contributed by atoms with van der Waals surface area (Å²) in [5.74, 6) is 0.125. The molecule has 0 saturated heterocycles. The van der Waals surface area contributed by atoms with Gasteiger partial charge in [-0.25, -0.2) is 0 Å². The first kappa shape index (κ1) is 12.3. The van der Waals surface area contributed by atoms with Gasteiger partial charge >= 0.3 is 0 Å². The summed E-state index contributed by atoms with van der Waals surface area (Å²) < 4.78 is -0.750. The van der Waals surface area contributed by atoms with Crippen molar-refractivity contribution in [1.82, 2.24) is 15.0 Å². The second kappa shape index (κ2) is 5.85. The summed E-state index contributed by atoms with van der Waals surface area (Å²) in [6, 6.07) is 0. The predicted octanol–water partition coefficient (Wildman–Crippen LogP) is 0.605. The first-order valence-electron chi connectivity index (χ1n) is 2.86. The van der Waals surface area contributed by atoms with E-state index in [9.17, 15) is 0 Å². The van der Waals surface area contributed by atoms with E-state index < -0.39 is 4.30 Å². The number of aromatic nitrogens is 3. The van der Waals surface area contributed by atoms with Crippen LogP contribution < -0.4 is 17.2 Å². The van der Waals surface area contributed by atoms with Crippen LogP contribution in [-0.4, -0.2) is 19.2 Å². The number of hydrogen-bond acceptors (Lipinski definition) is 6. The molecule has 0 aliphatic rings. The van der Waals surface area contributed by atoms with Crippen molar-refractivity contribution in [3.05, 3.63) is 0 Å². The molecule has 0 spiro atoms. The molecule has 0 amide bonds. The maximum absolute atomic E-state index is 5.14. The summed E-state index contributed by atoms with van der Waals surface area (Å²) >= 11 is 14.4. The Hall–Kier alpha value is -0.720. The van der Waals surface area contributed by atoms with Crippen molar-refractivity contribution in [2.24, 2.45) is 0 Å². The minimum atomic E-state index is -0.750. The van der Waals surface area contributed by atoms with Crippen LogP contribution in [0.4, 0.5) is 17.8 Å². The van der Waals surface area contributed by atoms with Crippen LogP contribution in [-0.2, 0) is 0 Å². The zero-order valence-electron chi connectivity index (χ0n) is 6.28. The highest BCUT2D eigenvalue weighted by atomic mass is 35.6. The smallest absolute Gasteiger partial charge is 0.226 e. The molecule has 0 atom stereocenters. The molecule has 0 radical (unpaired) electrons. The lowest BCUT2D eigenvalue weighted by molar-refractivity contribution is 1.09. The van der Waals surface area contributed by atoms with Crippen LogP contribution in [0.1, 0.15) is 0 Å².